The molecule has 1 N–H and O–H groups in total. The topological polar surface area (TPSA) is 89.8 Å². The Balaban J connectivity index is 1.46. The highest BCUT2D eigenvalue weighted by atomic mass is 16.5. The highest BCUT2D eigenvalue weighted by molar-refractivity contribution is 5.91. The van der Waals surface area contributed by atoms with Crippen LogP contribution in [0.3, 0.4) is 0 Å². The fourth-order valence-corrected chi connectivity index (χ4v) is 3.11. The van der Waals surface area contributed by atoms with Crippen LogP contribution in [0, 0.1) is 11.3 Å². The molecular formula is C24H26N2O5. The van der Waals surface area contributed by atoms with Crippen molar-refractivity contribution < 1.29 is 23.7 Å². The van der Waals surface area contributed by atoms with Crippen molar-refractivity contribution in [1.82, 2.24) is 5.32 Å². The summed E-state index contributed by atoms with van der Waals surface area (Å²) in [7, 11) is 1.52. The van der Waals surface area contributed by atoms with Crippen molar-refractivity contribution in [3.63, 3.8) is 0 Å². The number of rotatable bonds is 10. The Labute approximate surface area is 182 Å². The van der Waals surface area contributed by atoms with E-state index in [1.54, 1.807) is 24.3 Å². The molecule has 0 bridgehead atoms. The molecule has 162 valence electrons. The Hall–Kier alpha value is -3.50. The maximum Gasteiger partial charge on any atom is 0.244 e. The van der Waals surface area contributed by atoms with E-state index < -0.39 is 0 Å². The average molecular weight is 422 g/mol. The van der Waals surface area contributed by atoms with Crippen molar-refractivity contribution in [2.45, 2.75) is 25.5 Å². The summed E-state index contributed by atoms with van der Waals surface area (Å²) in [5.41, 5.74) is 1.76. The van der Waals surface area contributed by atoms with E-state index in [0.29, 0.717) is 24.7 Å². The predicted octanol–water partition coefficient (Wildman–Crippen LogP) is 3.48. The Kier molecular flexibility index (Phi) is 8.32. The van der Waals surface area contributed by atoms with E-state index in [1.807, 2.05) is 30.3 Å². The number of nitrogens with one attached hydrogen (secondary N) is 1. The van der Waals surface area contributed by atoms with E-state index in [2.05, 4.69) is 5.32 Å². The fraction of sp³-hybridized carbons (Fsp3) is 0.333. The Morgan fingerprint density at radius 1 is 1.23 bits per heavy atom. The Morgan fingerprint density at radius 3 is 2.77 bits per heavy atom. The monoisotopic (exact) mass is 422 g/mol. The molecule has 0 aromatic heterocycles. The molecule has 2 aromatic rings. The molecule has 1 amide bonds. The molecule has 0 radical (unpaired) electrons. The van der Waals surface area contributed by atoms with Crippen LogP contribution < -0.4 is 19.5 Å². The van der Waals surface area contributed by atoms with Crippen molar-refractivity contribution in [3.05, 3.63) is 59.7 Å². The van der Waals surface area contributed by atoms with Crippen molar-refractivity contribution in [2.24, 2.45) is 0 Å². The van der Waals surface area contributed by atoms with Gasteiger partial charge in [-0.15, -0.1) is 0 Å². The minimum absolute atomic E-state index is 0.0595. The Morgan fingerprint density at radius 2 is 2.06 bits per heavy atom. The second-order valence-electron chi connectivity index (χ2n) is 7.00. The average Bonchev–Trinajstić information content (AvgIpc) is 3.33. The quantitative estimate of drug-likeness (QED) is 0.590. The lowest BCUT2D eigenvalue weighted by Gasteiger charge is -2.11. The van der Waals surface area contributed by atoms with Crippen LogP contribution in [0.4, 0.5) is 0 Å². The van der Waals surface area contributed by atoms with Gasteiger partial charge in [0.2, 0.25) is 5.91 Å². The van der Waals surface area contributed by atoms with Crippen molar-refractivity contribution in [1.29, 1.82) is 5.26 Å². The van der Waals surface area contributed by atoms with Gasteiger partial charge in [-0.1, -0.05) is 18.2 Å². The molecule has 1 saturated heterocycles. The normalized spacial score (nSPS) is 15.4. The maximum absolute atomic E-state index is 12.1. The molecule has 7 nitrogen and oxygen atoms in total. The zero-order valence-corrected chi connectivity index (χ0v) is 17.5. The molecule has 0 aliphatic carbocycles. The number of nitrogens with zero attached hydrogens (tertiary/aromatic N) is 1. The largest absolute Gasteiger partial charge is 0.493 e. The molecule has 1 fully saturated rings. The number of nitriles is 1. The summed E-state index contributed by atoms with van der Waals surface area (Å²) in [5, 5.41) is 11.5. The minimum Gasteiger partial charge on any atom is -0.493 e. The second-order valence-corrected chi connectivity index (χ2v) is 7.00. The van der Waals surface area contributed by atoms with Crippen LogP contribution in [0.25, 0.3) is 6.08 Å². The van der Waals surface area contributed by atoms with Crippen LogP contribution in [0.2, 0.25) is 0 Å². The molecule has 1 aliphatic heterocycles. The Bertz CT molecular complexity index is 928. The van der Waals surface area contributed by atoms with E-state index in [0.717, 1.165) is 36.3 Å². The van der Waals surface area contributed by atoms with Crippen LogP contribution >= 0.6 is 0 Å². The van der Waals surface area contributed by atoms with E-state index in [1.165, 1.54) is 13.2 Å². The zero-order valence-electron chi connectivity index (χ0n) is 17.5. The predicted molar refractivity (Wildman–Crippen MR) is 116 cm³/mol. The highest BCUT2D eigenvalue weighted by Crippen LogP contribution is 2.28. The summed E-state index contributed by atoms with van der Waals surface area (Å²) >= 11 is 0. The van der Waals surface area contributed by atoms with Gasteiger partial charge >= 0.3 is 0 Å². The summed E-state index contributed by atoms with van der Waals surface area (Å²) in [4.78, 5) is 12.1. The van der Waals surface area contributed by atoms with Crippen LogP contribution in [0.1, 0.15) is 24.0 Å². The van der Waals surface area contributed by atoms with E-state index in [-0.39, 0.29) is 18.6 Å². The van der Waals surface area contributed by atoms with E-state index in [9.17, 15) is 4.79 Å². The number of amides is 1. The summed E-state index contributed by atoms with van der Waals surface area (Å²) in [6.07, 6.45) is 5.48. The molecule has 0 saturated carbocycles. The van der Waals surface area contributed by atoms with Gasteiger partial charge in [-0.3, -0.25) is 4.79 Å². The summed E-state index contributed by atoms with van der Waals surface area (Å²) in [6.45, 7) is 1.74. The number of hydrogen-bond donors (Lipinski definition) is 1. The molecule has 1 unspecified atom stereocenters. The molecule has 31 heavy (non-hydrogen) atoms. The first-order chi connectivity index (χ1) is 15.2. The third-order valence-electron chi connectivity index (χ3n) is 4.76. The van der Waals surface area contributed by atoms with Crippen molar-refractivity contribution in [2.75, 3.05) is 26.9 Å². The summed E-state index contributed by atoms with van der Waals surface area (Å²) in [5.74, 6) is 1.57. The number of benzene rings is 2. The van der Waals surface area contributed by atoms with Gasteiger partial charge in [0.15, 0.2) is 18.1 Å². The van der Waals surface area contributed by atoms with Gasteiger partial charge in [0.1, 0.15) is 18.4 Å². The third kappa shape index (κ3) is 7.05. The van der Waals surface area contributed by atoms with Crippen LogP contribution in [0.5, 0.6) is 17.2 Å². The first-order valence-electron chi connectivity index (χ1n) is 10.1. The van der Waals surface area contributed by atoms with Gasteiger partial charge in [-0.2, -0.15) is 5.26 Å². The smallest absolute Gasteiger partial charge is 0.244 e. The molecule has 7 heteroatoms. The van der Waals surface area contributed by atoms with E-state index >= 15 is 0 Å². The zero-order chi connectivity index (χ0) is 21.9. The highest BCUT2D eigenvalue weighted by Gasteiger charge is 2.15. The fourth-order valence-electron chi connectivity index (χ4n) is 3.11. The first kappa shape index (κ1) is 22.2. The number of carbonyl (C=O) groups is 1. The lowest BCUT2D eigenvalue weighted by Crippen LogP contribution is -2.20. The lowest BCUT2D eigenvalue weighted by molar-refractivity contribution is -0.116. The SMILES string of the molecule is COc1cc(/C=C/C(=O)NCc2ccc(OCC3CCCO3)cc2)ccc1OCC#N. The number of hydrogen-bond acceptors (Lipinski definition) is 6. The first-order valence-corrected chi connectivity index (χ1v) is 10.1. The molecule has 1 atom stereocenters. The van der Waals surface area contributed by atoms with Gasteiger partial charge < -0.3 is 24.3 Å². The van der Waals surface area contributed by atoms with Gasteiger partial charge in [-0.25, -0.2) is 0 Å². The maximum atomic E-state index is 12.1. The molecule has 3 rings (SSSR count). The molecule has 0 spiro atoms. The molecule has 1 heterocycles. The van der Waals surface area contributed by atoms with Crippen molar-refractivity contribution in [3.8, 4) is 23.3 Å². The lowest BCUT2D eigenvalue weighted by atomic mass is 10.2. The van der Waals surface area contributed by atoms with Gasteiger partial charge in [-0.05, 0) is 54.3 Å². The van der Waals surface area contributed by atoms with Crippen LogP contribution in [-0.4, -0.2) is 38.9 Å². The minimum atomic E-state index is -0.206. The van der Waals surface area contributed by atoms with Crippen LogP contribution in [-0.2, 0) is 16.1 Å². The summed E-state index contributed by atoms with van der Waals surface area (Å²) < 4.78 is 21.9. The molecule has 1 aliphatic rings. The van der Waals surface area contributed by atoms with Gasteiger partial charge in [0.25, 0.3) is 0 Å². The van der Waals surface area contributed by atoms with Crippen LogP contribution in [0.15, 0.2) is 48.5 Å². The van der Waals surface area contributed by atoms with Gasteiger partial charge in [0.05, 0.1) is 13.2 Å². The standard InChI is InChI=1S/C24H26N2O5/c1-28-23-15-18(6-10-22(23)30-14-12-25)7-11-24(27)26-16-19-4-8-20(9-5-19)31-17-21-3-2-13-29-21/h4-11,15,21H,2-3,13-14,16-17H2,1H3,(H,26,27)/b11-7+. The van der Waals surface area contributed by atoms with Gasteiger partial charge in [0, 0.05) is 19.2 Å². The second kappa shape index (κ2) is 11.6. The van der Waals surface area contributed by atoms with E-state index in [4.69, 9.17) is 24.2 Å². The number of methoxy groups -OCH3 is 1. The van der Waals surface area contributed by atoms with Crippen molar-refractivity contribution >= 4 is 12.0 Å². The summed E-state index contributed by atoms with van der Waals surface area (Å²) in [6, 6.07) is 14.8. The number of ether oxygens (including phenoxy) is 4. The third-order valence-corrected chi connectivity index (χ3v) is 4.76. The molecule has 2 aromatic carbocycles. The number of carbonyl (C=O) groups excluding carboxylic acids is 1. The molecular weight excluding hydrogens is 396 g/mol.